The van der Waals surface area contributed by atoms with E-state index in [1.165, 1.54) is 32.1 Å². The molecule has 0 aliphatic heterocycles. The number of rotatable bonds is 2. The second kappa shape index (κ2) is 4.10. The lowest BCUT2D eigenvalue weighted by molar-refractivity contribution is -0.133. The number of ketones is 1. The minimum Gasteiger partial charge on any atom is -0.298 e. The molecule has 1 nitrogen and oxygen atoms in total. The van der Waals surface area contributed by atoms with Crippen LogP contribution in [-0.4, -0.2) is 5.78 Å². The zero-order chi connectivity index (χ0) is 12.7. The van der Waals surface area contributed by atoms with Crippen molar-refractivity contribution in [1.29, 1.82) is 0 Å². The third-order valence-electron chi connectivity index (χ3n) is 5.34. The molecule has 1 atom stereocenters. The van der Waals surface area contributed by atoms with Gasteiger partial charge >= 0.3 is 0 Å². The first-order valence-electron chi connectivity index (χ1n) is 7.33. The molecule has 17 heavy (non-hydrogen) atoms. The monoisotopic (exact) mass is 236 g/mol. The van der Waals surface area contributed by atoms with E-state index < -0.39 is 0 Å². The normalized spacial score (nSPS) is 36.1. The number of carbonyl (C=O) groups excluding carboxylic acids is 1. The Balaban J connectivity index is 2.10. The molecule has 1 heteroatoms. The summed E-state index contributed by atoms with van der Waals surface area (Å²) in [5, 5.41) is 0. The fourth-order valence-corrected chi connectivity index (χ4v) is 4.33. The van der Waals surface area contributed by atoms with Crippen LogP contribution >= 0.6 is 0 Å². The molecule has 0 heterocycles. The molecule has 2 aliphatic carbocycles. The van der Waals surface area contributed by atoms with Crippen LogP contribution in [0.25, 0.3) is 0 Å². The third kappa shape index (κ3) is 2.44. The molecule has 2 fully saturated rings. The first-order chi connectivity index (χ1) is 7.78. The Bertz CT molecular complexity index is 309. The summed E-state index contributed by atoms with van der Waals surface area (Å²) in [5.74, 6) is 0.525. The molecule has 0 radical (unpaired) electrons. The molecular formula is C16H28O. The van der Waals surface area contributed by atoms with Crippen molar-refractivity contribution in [1.82, 2.24) is 0 Å². The fraction of sp³-hybridized carbons (Fsp3) is 0.938. The van der Waals surface area contributed by atoms with Gasteiger partial charge in [-0.3, -0.25) is 4.79 Å². The van der Waals surface area contributed by atoms with Gasteiger partial charge in [0.1, 0.15) is 5.78 Å². The maximum atomic E-state index is 12.6. The van der Waals surface area contributed by atoms with Gasteiger partial charge in [-0.05, 0) is 37.5 Å². The molecule has 2 aliphatic rings. The van der Waals surface area contributed by atoms with Crippen LogP contribution in [0.3, 0.4) is 0 Å². The summed E-state index contributed by atoms with van der Waals surface area (Å²) in [5.41, 5.74) is 0.332. The van der Waals surface area contributed by atoms with Gasteiger partial charge in [0.25, 0.3) is 0 Å². The fourth-order valence-electron chi connectivity index (χ4n) is 4.33. The second-order valence-electron chi connectivity index (χ2n) is 7.82. The van der Waals surface area contributed by atoms with E-state index in [-0.39, 0.29) is 10.8 Å². The number of carbonyl (C=O) groups is 1. The Hall–Kier alpha value is -0.330. The van der Waals surface area contributed by atoms with Crippen molar-refractivity contribution in [2.24, 2.45) is 16.2 Å². The van der Waals surface area contributed by atoms with Crippen LogP contribution in [0.1, 0.15) is 79.1 Å². The van der Waals surface area contributed by atoms with E-state index in [2.05, 4.69) is 27.7 Å². The van der Waals surface area contributed by atoms with E-state index >= 15 is 0 Å². The van der Waals surface area contributed by atoms with Gasteiger partial charge in [-0.15, -0.1) is 0 Å². The molecule has 0 aromatic carbocycles. The number of Topliss-reactive ketones (excluding diaryl/α,β-unsaturated/α-hetero) is 1. The Kier molecular flexibility index (Phi) is 3.16. The lowest BCUT2D eigenvalue weighted by Gasteiger charge is -2.40. The van der Waals surface area contributed by atoms with Gasteiger partial charge in [0.05, 0.1) is 0 Å². The highest BCUT2D eigenvalue weighted by atomic mass is 16.1. The van der Waals surface area contributed by atoms with Gasteiger partial charge in [0, 0.05) is 10.8 Å². The molecule has 2 rings (SSSR count). The molecule has 0 aromatic heterocycles. The van der Waals surface area contributed by atoms with E-state index in [4.69, 9.17) is 0 Å². The Morgan fingerprint density at radius 3 is 1.94 bits per heavy atom. The third-order valence-corrected chi connectivity index (χ3v) is 5.34. The van der Waals surface area contributed by atoms with Crippen molar-refractivity contribution in [3.05, 3.63) is 0 Å². The van der Waals surface area contributed by atoms with Gasteiger partial charge in [0.15, 0.2) is 0 Å². The van der Waals surface area contributed by atoms with Crippen LogP contribution < -0.4 is 0 Å². The minimum absolute atomic E-state index is 0.0322. The molecule has 1 unspecified atom stereocenters. The van der Waals surface area contributed by atoms with E-state index in [0.717, 1.165) is 19.3 Å². The van der Waals surface area contributed by atoms with Crippen molar-refractivity contribution in [3.8, 4) is 0 Å². The molecule has 0 aromatic rings. The summed E-state index contributed by atoms with van der Waals surface area (Å²) in [7, 11) is 0. The van der Waals surface area contributed by atoms with Crippen LogP contribution in [0, 0.1) is 16.2 Å². The van der Waals surface area contributed by atoms with Gasteiger partial charge in [-0.25, -0.2) is 0 Å². The topological polar surface area (TPSA) is 17.1 Å². The highest BCUT2D eigenvalue weighted by Crippen LogP contribution is 2.53. The van der Waals surface area contributed by atoms with Crippen molar-refractivity contribution in [3.63, 3.8) is 0 Å². The zero-order valence-electron chi connectivity index (χ0n) is 12.1. The van der Waals surface area contributed by atoms with Crippen LogP contribution in [0.15, 0.2) is 0 Å². The number of hydrogen-bond donors (Lipinski definition) is 0. The van der Waals surface area contributed by atoms with Crippen molar-refractivity contribution >= 4 is 5.78 Å². The van der Waals surface area contributed by atoms with Crippen molar-refractivity contribution < 1.29 is 4.79 Å². The smallest absolute Gasteiger partial charge is 0.144 e. The largest absolute Gasteiger partial charge is 0.298 e. The summed E-state index contributed by atoms with van der Waals surface area (Å²) in [6, 6.07) is 0. The van der Waals surface area contributed by atoms with E-state index in [1.807, 2.05) is 0 Å². The first kappa shape index (κ1) is 13.1. The minimum atomic E-state index is -0.0697. The predicted molar refractivity (Wildman–Crippen MR) is 71.9 cm³/mol. The van der Waals surface area contributed by atoms with E-state index in [0.29, 0.717) is 11.2 Å². The summed E-state index contributed by atoms with van der Waals surface area (Å²) in [6.45, 7) is 8.90. The maximum absolute atomic E-state index is 12.6. The Morgan fingerprint density at radius 2 is 1.47 bits per heavy atom. The van der Waals surface area contributed by atoms with E-state index in [9.17, 15) is 4.79 Å². The lowest BCUT2D eigenvalue weighted by atomic mass is 9.64. The molecule has 0 N–H and O–H groups in total. The molecule has 98 valence electrons. The summed E-state index contributed by atoms with van der Waals surface area (Å²) in [6.07, 6.45) is 10.1. The van der Waals surface area contributed by atoms with Crippen LogP contribution in [0.4, 0.5) is 0 Å². The molecule has 0 amide bonds. The van der Waals surface area contributed by atoms with Gasteiger partial charge < -0.3 is 0 Å². The highest BCUT2D eigenvalue weighted by molar-refractivity contribution is 5.91. The standard InChI is InChI=1S/C16H28O/c1-14(2)10-11-16(4,13(14)17)12-15(3)8-6-5-7-9-15/h5-12H2,1-4H3. The number of hydrogen-bond acceptors (Lipinski definition) is 1. The van der Waals surface area contributed by atoms with Crippen LogP contribution in [-0.2, 0) is 4.79 Å². The summed E-state index contributed by atoms with van der Waals surface area (Å²) >= 11 is 0. The molecule has 0 spiro atoms. The van der Waals surface area contributed by atoms with Crippen molar-refractivity contribution in [2.45, 2.75) is 79.1 Å². The average molecular weight is 236 g/mol. The molecule has 2 saturated carbocycles. The van der Waals surface area contributed by atoms with E-state index in [1.54, 1.807) is 0 Å². The maximum Gasteiger partial charge on any atom is 0.144 e. The summed E-state index contributed by atoms with van der Waals surface area (Å²) in [4.78, 5) is 12.6. The van der Waals surface area contributed by atoms with Gasteiger partial charge in [-0.2, -0.15) is 0 Å². The van der Waals surface area contributed by atoms with Gasteiger partial charge in [0.2, 0.25) is 0 Å². The van der Waals surface area contributed by atoms with Crippen LogP contribution in [0.2, 0.25) is 0 Å². The lowest BCUT2D eigenvalue weighted by Crippen LogP contribution is -2.35. The SMILES string of the molecule is CC1(CC2(C)CCC(C)(C)C2=O)CCCCC1. The predicted octanol–water partition coefficient (Wildman–Crippen LogP) is 4.74. The second-order valence-corrected chi connectivity index (χ2v) is 7.82. The first-order valence-corrected chi connectivity index (χ1v) is 7.33. The summed E-state index contributed by atoms with van der Waals surface area (Å²) < 4.78 is 0. The van der Waals surface area contributed by atoms with Gasteiger partial charge in [-0.1, -0.05) is 47.0 Å². The van der Waals surface area contributed by atoms with Crippen molar-refractivity contribution in [2.75, 3.05) is 0 Å². The Morgan fingerprint density at radius 1 is 0.882 bits per heavy atom. The van der Waals surface area contributed by atoms with Crippen LogP contribution in [0.5, 0.6) is 0 Å². The molecule has 0 saturated heterocycles. The average Bonchev–Trinajstić information content (AvgIpc) is 2.43. The zero-order valence-corrected chi connectivity index (χ0v) is 12.1. The molecular weight excluding hydrogens is 208 g/mol. The Labute approximate surface area is 106 Å². The quantitative estimate of drug-likeness (QED) is 0.676. The molecule has 0 bridgehead atoms. The highest BCUT2D eigenvalue weighted by Gasteiger charge is 2.51.